The van der Waals surface area contributed by atoms with Crippen molar-refractivity contribution < 1.29 is 9.53 Å². The second-order valence-corrected chi connectivity index (χ2v) is 6.19. The van der Waals surface area contributed by atoms with E-state index in [-0.39, 0.29) is 18.6 Å². The highest BCUT2D eigenvalue weighted by molar-refractivity contribution is 5.78. The first-order valence-corrected chi connectivity index (χ1v) is 8.38. The van der Waals surface area contributed by atoms with Crippen LogP contribution < -0.4 is 5.32 Å². The maximum atomic E-state index is 11.9. The number of carbonyl (C=O) groups is 1. The summed E-state index contributed by atoms with van der Waals surface area (Å²) in [4.78, 5) is 16.7. The minimum absolute atomic E-state index is 0.0440. The number of ether oxygens (including phenoxy) is 1. The first-order valence-electron chi connectivity index (χ1n) is 8.38. The third-order valence-corrected chi connectivity index (χ3v) is 4.31. The number of methoxy groups -OCH3 is 1. The van der Waals surface area contributed by atoms with Gasteiger partial charge in [0.25, 0.3) is 0 Å². The van der Waals surface area contributed by atoms with E-state index in [4.69, 9.17) is 9.72 Å². The van der Waals surface area contributed by atoms with Gasteiger partial charge in [-0.3, -0.25) is 4.79 Å². The van der Waals surface area contributed by atoms with Crippen LogP contribution in [0, 0.1) is 6.92 Å². The highest BCUT2D eigenvalue weighted by Gasteiger charge is 2.18. The zero-order chi connectivity index (χ0) is 17.8. The van der Waals surface area contributed by atoms with Gasteiger partial charge < -0.3 is 14.6 Å². The van der Waals surface area contributed by atoms with Crippen LogP contribution in [0.25, 0.3) is 11.0 Å². The first-order chi connectivity index (χ1) is 12.1. The summed E-state index contributed by atoms with van der Waals surface area (Å²) in [7, 11) is 1.51. The molecular weight excluding hydrogens is 314 g/mol. The number of nitrogens with zero attached hydrogens (tertiary/aromatic N) is 2. The van der Waals surface area contributed by atoms with Crippen LogP contribution in [0.2, 0.25) is 0 Å². The van der Waals surface area contributed by atoms with E-state index < -0.39 is 0 Å². The Balaban J connectivity index is 2.00. The van der Waals surface area contributed by atoms with Crippen molar-refractivity contribution in [1.29, 1.82) is 0 Å². The van der Waals surface area contributed by atoms with E-state index in [1.807, 2.05) is 37.3 Å². The molecular formula is C20H23N3O2. The van der Waals surface area contributed by atoms with Gasteiger partial charge in [0, 0.05) is 13.7 Å². The minimum atomic E-state index is -0.209. The maximum absolute atomic E-state index is 11.9. The molecule has 0 saturated carbocycles. The van der Waals surface area contributed by atoms with Crippen LogP contribution in [-0.2, 0) is 16.1 Å². The highest BCUT2D eigenvalue weighted by atomic mass is 16.5. The lowest BCUT2D eigenvalue weighted by Crippen LogP contribution is -2.31. The number of carbonyl (C=O) groups excluding carboxylic acids is 1. The van der Waals surface area contributed by atoms with Gasteiger partial charge >= 0.3 is 0 Å². The zero-order valence-electron chi connectivity index (χ0n) is 14.8. The van der Waals surface area contributed by atoms with Gasteiger partial charge in [0.05, 0.1) is 17.1 Å². The average molecular weight is 337 g/mol. The number of fused-ring (bicyclic) bond motifs is 1. The number of benzene rings is 2. The van der Waals surface area contributed by atoms with Crippen LogP contribution in [0.1, 0.15) is 29.9 Å². The minimum Gasteiger partial charge on any atom is -0.375 e. The lowest BCUT2D eigenvalue weighted by molar-refractivity contribution is -0.125. The summed E-state index contributed by atoms with van der Waals surface area (Å²) in [5.74, 6) is 0.693. The lowest BCUT2D eigenvalue weighted by atomic mass is 10.1. The summed E-state index contributed by atoms with van der Waals surface area (Å²) >= 11 is 0. The second-order valence-electron chi connectivity index (χ2n) is 6.19. The molecule has 5 heteroatoms. The van der Waals surface area contributed by atoms with Crippen LogP contribution in [0.3, 0.4) is 0 Å². The van der Waals surface area contributed by atoms with Gasteiger partial charge in [-0.15, -0.1) is 0 Å². The van der Waals surface area contributed by atoms with E-state index in [0.29, 0.717) is 6.54 Å². The fraction of sp³-hybridized carbons (Fsp3) is 0.300. The molecule has 1 amide bonds. The Bertz CT molecular complexity index is 886. The van der Waals surface area contributed by atoms with Crippen molar-refractivity contribution >= 4 is 16.9 Å². The van der Waals surface area contributed by atoms with E-state index >= 15 is 0 Å². The number of para-hydroxylation sites is 2. The molecule has 0 aliphatic rings. The Morgan fingerprint density at radius 3 is 2.68 bits per heavy atom. The number of aromatic nitrogens is 2. The van der Waals surface area contributed by atoms with Crippen LogP contribution >= 0.6 is 0 Å². The summed E-state index contributed by atoms with van der Waals surface area (Å²) in [6.07, 6.45) is 0. The zero-order valence-corrected chi connectivity index (χ0v) is 14.8. The fourth-order valence-electron chi connectivity index (χ4n) is 3.03. The number of amides is 1. The molecule has 1 atom stereocenters. The molecule has 130 valence electrons. The summed E-state index contributed by atoms with van der Waals surface area (Å²) < 4.78 is 7.08. The van der Waals surface area contributed by atoms with Crippen LogP contribution in [-0.4, -0.2) is 29.2 Å². The number of hydrogen-bond acceptors (Lipinski definition) is 3. The molecule has 1 aromatic heterocycles. The largest absolute Gasteiger partial charge is 0.375 e. The normalized spacial score (nSPS) is 12.3. The van der Waals surface area contributed by atoms with Crippen LogP contribution in [0.4, 0.5) is 0 Å². The Labute approximate surface area is 147 Å². The monoisotopic (exact) mass is 337 g/mol. The first kappa shape index (κ1) is 17.2. The van der Waals surface area contributed by atoms with Crippen molar-refractivity contribution in [2.24, 2.45) is 0 Å². The summed E-state index contributed by atoms with van der Waals surface area (Å²) in [6, 6.07) is 16.2. The second kappa shape index (κ2) is 7.49. The Hall–Kier alpha value is -2.66. The smallest absolute Gasteiger partial charge is 0.246 e. The molecule has 0 fully saturated rings. The van der Waals surface area contributed by atoms with Crippen molar-refractivity contribution in [3.8, 4) is 0 Å². The van der Waals surface area contributed by atoms with E-state index in [2.05, 4.69) is 35.0 Å². The molecule has 1 heterocycles. The fourth-order valence-corrected chi connectivity index (χ4v) is 3.03. The molecule has 1 N–H and O–H groups in total. The SMILES string of the molecule is COCC(=O)N[C@@H](C)c1nc2ccccc2n1Cc1ccccc1C. The average Bonchev–Trinajstić information content (AvgIpc) is 2.96. The van der Waals surface area contributed by atoms with E-state index in [9.17, 15) is 4.79 Å². The predicted molar refractivity (Wildman–Crippen MR) is 98.4 cm³/mol. The lowest BCUT2D eigenvalue weighted by Gasteiger charge is -2.17. The van der Waals surface area contributed by atoms with Crippen LogP contribution in [0.15, 0.2) is 48.5 Å². The molecule has 0 radical (unpaired) electrons. The van der Waals surface area contributed by atoms with E-state index in [0.717, 1.165) is 16.9 Å². The number of imidazole rings is 1. The van der Waals surface area contributed by atoms with Gasteiger partial charge in [-0.05, 0) is 37.1 Å². The third-order valence-electron chi connectivity index (χ3n) is 4.31. The van der Waals surface area contributed by atoms with Crippen molar-refractivity contribution in [3.63, 3.8) is 0 Å². The van der Waals surface area contributed by atoms with Gasteiger partial charge in [0.2, 0.25) is 5.91 Å². The molecule has 25 heavy (non-hydrogen) atoms. The number of nitrogens with one attached hydrogen (secondary N) is 1. The molecule has 0 spiro atoms. The van der Waals surface area contributed by atoms with Crippen molar-refractivity contribution in [2.75, 3.05) is 13.7 Å². The number of rotatable bonds is 6. The molecule has 0 aliphatic carbocycles. The molecule has 2 aromatic carbocycles. The Kier molecular flexibility index (Phi) is 5.14. The number of hydrogen-bond donors (Lipinski definition) is 1. The Morgan fingerprint density at radius 2 is 1.92 bits per heavy atom. The quantitative estimate of drug-likeness (QED) is 0.751. The molecule has 0 bridgehead atoms. The van der Waals surface area contributed by atoms with Crippen molar-refractivity contribution in [2.45, 2.75) is 26.4 Å². The van der Waals surface area contributed by atoms with E-state index in [1.54, 1.807) is 0 Å². The molecule has 5 nitrogen and oxygen atoms in total. The van der Waals surface area contributed by atoms with Gasteiger partial charge in [-0.2, -0.15) is 0 Å². The molecule has 0 aliphatic heterocycles. The standard InChI is InChI=1S/C20H23N3O2/c1-14-8-4-5-9-16(14)12-23-18-11-7-6-10-17(18)22-20(23)15(2)21-19(24)13-25-3/h4-11,15H,12-13H2,1-3H3,(H,21,24)/t15-/m0/s1. The molecule has 3 rings (SSSR count). The van der Waals surface area contributed by atoms with Gasteiger partial charge in [-0.1, -0.05) is 36.4 Å². The maximum Gasteiger partial charge on any atom is 0.246 e. The van der Waals surface area contributed by atoms with Crippen molar-refractivity contribution in [1.82, 2.24) is 14.9 Å². The van der Waals surface area contributed by atoms with Crippen LogP contribution in [0.5, 0.6) is 0 Å². The number of aryl methyl sites for hydroxylation is 1. The summed E-state index contributed by atoms with van der Waals surface area (Å²) in [5.41, 5.74) is 4.47. The molecule has 0 saturated heterocycles. The summed E-state index contributed by atoms with van der Waals surface area (Å²) in [5, 5.41) is 2.95. The summed E-state index contributed by atoms with van der Waals surface area (Å²) in [6.45, 7) is 4.82. The topological polar surface area (TPSA) is 56.1 Å². The molecule has 3 aromatic rings. The third kappa shape index (κ3) is 3.72. The highest BCUT2D eigenvalue weighted by Crippen LogP contribution is 2.23. The Morgan fingerprint density at radius 1 is 1.20 bits per heavy atom. The van der Waals surface area contributed by atoms with Gasteiger partial charge in [0.15, 0.2) is 0 Å². The van der Waals surface area contributed by atoms with Gasteiger partial charge in [0.1, 0.15) is 12.4 Å². The molecule has 0 unspecified atom stereocenters. The van der Waals surface area contributed by atoms with Crippen molar-refractivity contribution in [3.05, 3.63) is 65.5 Å². The van der Waals surface area contributed by atoms with E-state index in [1.165, 1.54) is 18.2 Å². The van der Waals surface area contributed by atoms with Gasteiger partial charge in [-0.25, -0.2) is 4.98 Å². The predicted octanol–water partition coefficient (Wildman–Crippen LogP) is 3.22.